The summed E-state index contributed by atoms with van der Waals surface area (Å²) >= 11 is 6.93. The normalized spacial score (nSPS) is 25.2. The van der Waals surface area contributed by atoms with Crippen LogP contribution in [0.3, 0.4) is 0 Å². The molecule has 1 aliphatic heterocycles. The average molecular weight is 488 g/mol. The van der Waals surface area contributed by atoms with E-state index in [2.05, 4.69) is 15.3 Å². The highest BCUT2D eigenvalue weighted by Gasteiger charge is 2.62. The molecule has 0 saturated heterocycles. The van der Waals surface area contributed by atoms with E-state index in [4.69, 9.17) is 11.6 Å². The summed E-state index contributed by atoms with van der Waals surface area (Å²) in [5.41, 5.74) is -2.13. The van der Waals surface area contributed by atoms with Crippen molar-refractivity contribution in [3.8, 4) is 0 Å². The van der Waals surface area contributed by atoms with E-state index in [1.807, 2.05) is 35.8 Å². The maximum atomic E-state index is 13.4. The number of aliphatic hydroxyl groups is 1. The van der Waals surface area contributed by atoms with Gasteiger partial charge in [0.2, 0.25) is 0 Å². The monoisotopic (exact) mass is 487 g/mol. The number of aromatic nitrogens is 3. The Balaban J connectivity index is 1.45. The van der Waals surface area contributed by atoms with Crippen molar-refractivity contribution in [2.45, 2.75) is 62.1 Å². The standard InChI is InChI=1S/C20H21ClF3N5O2S/c1-3-28-17(15-8-14(15)12-4-6-13(21)7-5-12)25-26-18(28)32-10-16(30)29-19(31,20(22,23)24)9-11(2)27-29/h4-7,14-15,31H,3,8-10H2,1-2H3. The Labute approximate surface area is 191 Å². The van der Waals surface area contributed by atoms with E-state index in [9.17, 15) is 23.1 Å². The second kappa shape index (κ2) is 8.35. The molecule has 32 heavy (non-hydrogen) atoms. The highest BCUT2D eigenvalue weighted by molar-refractivity contribution is 7.99. The number of hydrogen-bond donors (Lipinski definition) is 1. The zero-order chi connectivity index (χ0) is 23.3. The molecule has 4 rings (SSSR count). The van der Waals surface area contributed by atoms with Crippen LogP contribution in [0.25, 0.3) is 0 Å². The highest BCUT2D eigenvalue weighted by atomic mass is 35.5. The molecule has 2 aromatic rings. The number of rotatable bonds is 6. The van der Waals surface area contributed by atoms with Gasteiger partial charge < -0.3 is 9.67 Å². The van der Waals surface area contributed by atoms with Gasteiger partial charge >= 0.3 is 6.18 Å². The van der Waals surface area contributed by atoms with Crippen LogP contribution in [0.1, 0.15) is 49.9 Å². The quantitative estimate of drug-likeness (QED) is 0.618. The van der Waals surface area contributed by atoms with E-state index in [1.165, 1.54) is 6.92 Å². The van der Waals surface area contributed by atoms with Crippen LogP contribution in [-0.2, 0) is 11.3 Å². The van der Waals surface area contributed by atoms with Crippen molar-refractivity contribution >= 4 is 35.0 Å². The Morgan fingerprint density at radius 1 is 1.28 bits per heavy atom. The Morgan fingerprint density at radius 3 is 2.59 bits per heavy atom. The number of carbonyl (C=O) groups excluding carboxylic acids is 1. The molecule has 3 atom stereocenters. The molecule has 1 aromatic carbocycles. The van der Waals surface area contributed by atoms with Crippen molar-refractivity contribution in [3.63, 3.8) is 0 Å². The summed E-state index contributed by atoms with van der Waals surface area (Å²) in [5, 5.41) is 23.4. The van der Waals surface area contributed by atoms with Crippen LogP contribution in [0, 0.1) is 0 Å². The fourth-order valence-electron chi connectivity index (χ4n) is 3.93. The van der Waals surface area contributed by atoms with Crippen LogP contribution in [-0.4, -0.2) is 54.2 Å². The maximum Gasteiger partial charge on any atom is 0.438 e. The van der Waals surface area contributed by atoms with Gasteiger partial charge in [0, 0.05) is 29.6 Å². The van der Waals surface area contributed by atoms with Crippen LogP contribution < -0.4 is 0 Å². The molecule has 2 aliphatic rings. The minimum Gasteiger partial charge on any atom is -0.362 e. The smallest absolute Gasteiger partial charge is 0.362 e. The third-order valence-electron chi connectivity index (χ3n) is 5.62. The van der Waals surface area contributed by atoms with Gasteiger partial charge in [-0.2, -0.15) is 23.3 Å². The van der Waals surface area contributed by atoms with Gasteiger partial charge in [0.1, 0.15) is 5.82 Å². The number of alkyl halides is 3. The molecule has 1 aromatic heterocycles. The summed E-state index contributed by atoms with van der Waals surface area (Å²) in [6.45, 7) is 3.80. The van der Waals surface area contributed by atoms with E-state index in [0.717, 1.165) is 29.6 Å². The number of carbonyl (C=O) groups is 1. The lowest BCUT2D eigenvalue weighted by Gasteiger charge is -2.32. The van der Waals surface area contributed by atoms with Crippen LogP contribution in [0.15, 0.2) is 34.5 Å². The topological polar surface area (TPSA) is 83.6 Å². The van der Waals surface area contributed by atoms with E-state index in [-0.39, 0.29) is 22.4 Å². The van der Waals surface area contributed by atoms with E-state index >= 15 is 0 Å². The number of hydrogen-bond acceptors (Lipinski definition) is 6. The third-order valence-corrected chi connectivity index (χ3v) is 6.82. The molecule has 172 valence electrons. The lowest BCUT2D eigenvalue weighted by molar-refractivity contribution is -0.301. The van der Waals surface area contributed by atoms with Crippen molar-refractivity contribution < 1.29 is 23.1 Å². The van der Waals surface area contributed by atoms with Crippen LogP contribution in [0.5, 0.6) is 0 Å². The molecule has 0 bridgehead atoms. The van der Waals surface area contributed by atoms with Crippen LogP contribution >= 0.6 is 23.4 Å². The minimum atomic E-state index is -5.02. The molecule has 12 heteroatoms. The van der Waals surface area contributed by atoms with Gasteiger partial charge in [-0.15, -0.1) is 10.2 Å². The Hall–Kier alpha value is -2.11. The third kappa shape index (κ3) is 4.13. The molecule has 0 spiro atoms. The minimum absolute atomic E-state index is 0.0316. The number of nitrogens with zero attached hydrogens (tertiary/aromatic N) is 5. The number of halogens is 4. The molecule has 1 N–H and O–H groups in total. The Morgan fingerprint density at radius 2 is 1.97 bits per heavy atom. The number of hydrazone groups is 1. The number of benzene rings is 1. The average Bonchev–Trinajstić information content (AvgIpc) is 3.29. The van der Waals surface area contributed by atoms with Crippen LogP contribution in [0.4, 0.5) is 13.2 Å². The fraction of sp³-hybridized carbons (Fsp3) is 0.500. The molecule has 1 aliphatic carbocycles. The SMILES string of the molecule is CCn1c(SCC(=O)N2N=C(C)CC2(O)C(F)(F)F)nnc1C1CC1c1ccc(Cl)cc1. The van der Waals surface area contributed by atoms with Crippen molar-refractivity contribution in [2.75, 3.05) is 5.75 Å². The van der Waals surface area contributed by atoms with Gasteiger partial charge in [0.25, 0.3) is 11.6 Å². The van der Waals surface area contributed by atoms with Crippen molar-refractivity contribution in [1.29, 1.82) is 0 Å². The van der Waals surface area contributed by atoms with Crippen LogP contribution in [0.2, 0.25) is 5.02 Å². The molecule has 1 fully saturated rings. The molecular weight excluding hydrogens is 467 g/mol. The lowest BCUT2D eigenvalue weighted by Crippen LogP contribution is -2.57. The van der Waals surface area contributed by atoms with E-state index in [1.54, 1.807) is 0 Å². The fourth-order valence-corrected chi connectivity index (χ4v) is 4.91. The second-order valence-corrected chi connectivity index (χ2v) is 9.28. The first kappa shape index (κ1) is 23.1. The zero-order valence-corrected chi connectivity index (χ0v) is 18.9. The predicted molar refractivity (Wildman–Crippen MR) is 114 cm³/mol. The van der Waals surface area contributed by atoms with E-state index in [0.29, 0.717) is 22.6 Å². The summed E-state index contributed by atoms with van der Waals surface area (Å²) < 4.78 is 41.9. The summed E-state index contributed by atoms with van der Waals surface area (Å²) in [4.78, 5) is 12.5. The molecule has 7 nitrogen and oxygen atoms in total. The molecular formula is C20H21ClF3N5O2S. The Bertz CT molecular complexity index is 1060. The van der Waals surface area contributed by atoms with Gasteiger partial charge in [-0.25, -0.2) is 0 Å². The largest absolute Gasteiger partial charge is 0.438 e. The van der Waals surface area contributed by atoms with E-state index < -0.39 is 24.2 Å². The molecule has 2 heterocycles. The van der Waals surface area contributed by atoms with Crippen molar-refractivity contribution in [1.82, 2.24) is 19.8 Å². The van der Waals surface area contributed by atoms with Gasteiger partial charge in [-0.3, -0.25) is 4.79 Å². The summed E-state index contributed by atoms with van der Waals surface area (Å²) in [6.07, 6.45) is -4.88. The summed E-state index contributed by atoms with van der Waals surface area (Å²) in [5.74, 6) is -0.0631. The summed E-state index contributed by atoms with van der Waals surface area (Å²) in [7, 11) is 0. The molecule has 1 saturated carbocycles. The molecule has 1 amide bonds. The van der Waals surface area contributed by atoms with Gasteiger partial charge in [0.15, 0.2) is 5.16 Å². The van der Waals surface area contributed by atoms with Crippen molar-refractivity contribution in [3.05, 3.63) is 40.7 Å². The molecule has 3 unspecified atom stereocenters. The predicted octanol–water partition coefficient (Wildman–Crippen LogP) is 4.17. The first-order chi connectivity index (χ1) is 15.0. The first-order valence-corrected chi connectivity index (χ1v) is 11.4. The highest BCUT2D eigenvalue weighted by Crippen LogP contribution is 2.54. The first-order valence-electron chi connectivity index (χ1n) is 10.0. The maximum absolute atomic E-state index is 13.4. The van der Waals surface area contributed by atoms with Gasteiger partial charge in [-0.1, -0.05) is 35.5 Å². The molecule has 0 radical (unpaired) electrons. The van der Waals surface area contributed by atoms with Gasteiger partial charge in [0.05, 0.1) is 5.75 Å². The lowest BCUT2D eigenvalue weighted by atomic mass is 10.1. The van der Waals surface area contributed by atoms with Gasteiger partial charge in [-0.05, 0) is 43.9 Å². The summed E-state index contributed by atoms with van der Waals surface area (Å²) in [6, 6.07) is 7.64. The Kier molecular flexibility index (Phi) is 6.01. The van der Waals surface area contributed by atoms with Crippen molar-refractivity contribution in [2.24, 2.45) is 5.10 Å². The number of amides is 1. The second-order valence-electron chi connectivity index (χ2n) is 7.91. The number of thioether (sulfide) groups is 1. The zero-order valence-electron chi connectivity index (χ0n) is 17.3.